The Balaban J connectivity index is 4.77. The van der Waals surface area contributed by atoms with Gasteiger partial charge in [0.2, 0.25) is 0 Å². The Hall–Kier alpha value is -1.14. The number of hydrogen-bond acceptors (Lipinski definition) is 6. The number of rotatable bonds is 7. The lowest BCUT2D eigenvalue weighted by Gasteiger charge is -2.40. The summed E-state index contributed by atoms with van der Waals surface area (Å²) in [6, 6.07) is 0. The standard InChI is InChI=1S/C10H18O6/c1-6(11)10(7(2)12,9(15)16)5-3-4-8(13)14/h6-7,11-12H,3-5H2,1-2H3,(H,13,14)(H,15,16)/p-2. The molecule has 0 heterocycles. The molecule has 2 unspecified atom stereocenters. The van der Waals surface area contributed by atoms with Crippen LogP contribution in [0.3, 0.4) is 0 Å². The van der Waals surface area contributed by atoms with Crippen molar-refractivity contribution in [2.45, 2.75) is 45.3 Å². The molecule has 0 aliphatic carbocycles. The molecule has 0 fully saturated rings. The highest BCUT2D eigenvalue weighted by molar-refractivity contribution is 5.74. The lowest BCUT2D eigenvalue weighted by molar-refractivity contribution is -0.329. The predicted molar refractivity (Wildman–Crippen MR) is 49.7 cm³/mol. The number of hydrogen-bond donors (Lipinski definition) is 2. The summed E-state index contributed by atoms with van der Waals surface area (Å²) in [5.41, 5.74) is -1.84. The fourth-order valence-electron chi connectivity index (χ4n) is 1.74. The summed E-state index contributed by atoms with van der Waals surface area (Å²) >= 11 is 0. The van der Waals surface area contributed by atoms with E-state index in [9.17, 15) is 30.0 Å². The summed E-state index contributed by atoms with van der Waals surface area (Å²) in [5, 5.41) is 40.0. The van der Waals surface area contributed by atoms with Gasteiger partial charge in [-0.1, -0.05) is 0 Å². The average molecular weight is 232 g/mol. The van der Waals surface area contributed by atoms with Gasteiger partial charge in [0.15, 0.2) is 0 Å². The third-order valence-corrected chi connectivity index (χ3v) is 2.84. The minimum Gasteiger partial charge on any atom is -0.550 e. The van der Waals surface area contributed by atoms with Crippen LogP contribution in [0.1, 0.15) is 33.1 Å². The second kappa shape index (κ2) is 5.81. The van der Waals surface area contributed by atoms with E-state index in [2.05, 4.69) is 0 Å². The van der Waals surface area contributed by atoms with Gasteiger partial charge in [0.25, 0.3) is 0 Å². The van der Waals surface area contributed by atoms with Crippen LogP contribution in [0.2, 0.25) is 0 Å². The van der Waals surface area contributed by atoms with Gasteiger partial charge in [-0.25, -0.2) is 0 Å². The van der Waals surface area contributed by atoms with Gasteiger partial charge in [0.05, 0.1) is 23.6 Å². The second-order valence-corrected chi connectivity index (χ2v) is 3.91. The van der Waals surface area contributed by atoms with E-state index in [1.54, 1.807) is 0 Å². The molecule has 0 aliphatic heterocycles. The van der Waals surface area contributed by atoms with Crippen molar-refractivity contribution >= 4 is 11.9 Å². The van der Waals surface area contributed by atoms with Gasteiger partial charge in [-0.15, -0.1) is 0 Å². The summed E-state index contributed by atoms with van der Waals surface area (Å²) in [7, 11) is 0. The number of aliphatic hydroxyl groups excluding tert-OH is 2. The third-order valence-electron chi connectivity index (χ3n) is 2.84. The van der Waals surface area contributed by atoms with Crippen LogP contribution in [-0.4, -0.2) is 34.4 Å². The van der Waals surface area contributed by atoms with Crippen molar-refractivity contribution in [2.24, 2.45) is 5.41 Å². The maximum atomic E-state index is 11.0. The minimum absolute atomic E-state index is 0.00782. The molecule has 0 radical (unpaired) electrons. The molecule has 0 aliphatic rings. The molecule has 2 atom stereocenters. The maximum Gasteiger partial charge on any atom is 0.0645 e. The first-order valence-electron chi connectivity index (χ1n) is 5.02. The summed E-state index contributed by atoms with van der Waals surface area (Å²) in [6.45, 7) is 2.45. The fourth-order valence-corrected chi connectivity index (χ4v) is 1.74. The number of aliphatic carboxylic acids is 2. The molecule has 0 saturated carbocycles. The van der Waals surface area contributed by atoms with E-state index in [-0.39, 0.29) is 19.3 Å². The number of aliphatic hydroxyl groups is 2. The molecule has 94 valence electrons. The Morgan fingerprint density at radius 3 is 1.88 bits per heavy atom. The lowest BCUT2D eigenvalue weighted by atomic mass is 9.74. The number of carboxylic acids is 2. The summed E-state index contributed by atoms with van der Waals surface area (Å²) < 4.78 is 0. The van der Waals surface area contributed by atoms with Gasteiger partial charge in [0.1, 0.15) is 0 Å². The lowest BCUT2D eigenvalue weighted by Crippen LogP contribution is -2.55. The van der Waals surface area contributed by atoms with Crippen molar-refractivity contribution < 1.29 is 30.0 Å². The highest BCUT2D eigenvalue weighted by Crippen LogP contribution is 2.32. The predicted octanol–water partition coefficient (Wildman–Crippen LogP) is -2.60. The highest BCUT2D eigenvalue weighted by Gasteiger charge is 2.41. The number of carbonyl (C=O) groups is 2. The average Bonchev–Trinajstić information content (AvgIpc) is 2.09. The van der Waals surface area contributed by atoms with Crippen LogP contribution in [0.15, 0.2) is 0 Å². The smallest absolute Gasteiger partial charge is 0.0645 e. The Morgan fingerprint density at radius 2 is 1.62 bits per heavy atom. The molecule has 0 saturated heterocycles. The number of carboxylic acid groups (broad SMARTS) is 2. The molecule has 16 heavy (non-hydrogen) atoms. The molecule has 0 aromatic rings. The highest BCUT2D eigenvalue weighted by atomic mass is 16.4. The largest absolute Gasteiger partial charge is 0.550 e. The van der Waals surface area contributed by atoms with Crippen molar-refractivity contribution in [3.05, 3.63) is 0 Å². The first kappa shape index (κ1) is 14.9. The van der Waals surface area contributed by atoms with E-state index in [0.29, 0.717) is 0 Å². The van der Waals surface area contributed by atoms with Crippen LogP contribution in [0, 0.1) is 5.41 Å². The van der Waals surface area contributed by atoms with E-state index in [1.165, 1.54) is 13.8 Å². The van der Waals surface area contributed by atoms with Gasteiger partial charge in [-0.3, -0.25) is 0 Å². The Bertz CT molecular complexity index is 250. The molecule has 0 bridgehead atoms. The quantitative estimate of drug-likeness (QED) is 0.496. The topological polar surface area (TPSA) is 121 Å². The van der Waals surface area contributed by atoms with E-state index in [1.807, 2.05) is 0 Å². The van der Waals surface area contributed by atoms with Crippen molar-refractivity contribution in [2.75, 3.05) is 0 Å². The minimum atomic E-state index is -1.84. The zero-order chi connectivity index (χ0) is 12.9. The fraction of sp³-hybridized carbons (Fsp3) is 0.800. The molecular weight excluding hydrogens is 216 g/mol. The van der Waals surface area contributed by atoms with Gasteiger partial charge >= 0.3 is 0 Å². The molecule has 0 aromatic carbocycles. The van der Waals surface area contributed by atoms with E-state index in [4.69, 9.17) is 0 Å². The Labute approximate surface area is 93.5 Å². The van der Waals surface area contributed by atoms with Crippen molar-refractivity contribution in [3.8, 4) is 0 Å². The normalized spacial score (nSPS) is 18.5. The summed E-state index contributed by atoms with van der Waals surface area (Å²) in [4.78, 5) is 21.2. The maximum absolute atomic E-state index is 11.0. The summed E-state index contributed by atoms with van der Waals surface area (Å²) in [6.07, 6.45) is -3.18. The van der Waals surface area contributed by atoms with E-state index in [0.717, 1.165) is 0 Å². The van der Waals surface area contributed by atoms with Crippen LogP contribution in [-0.2, 0) is 9.59 Å². The van der Waals surface area contributed by atoms with Crippen LogP contribution >= 0.6 is 0 Å². The molecule has 0 rings (SSSR count). The Morgan fingerprint density at radius 1 is 1.19 bits per heavy atom. The molecule has 0 aromatic heterocycles. The van der Waals surface area contributed by atoms with Gasteiger partial charge in [-0.05, 0) is 33.1 Å². The molecule has 0 spiro atoms. The van der Waals surface area contributed by atoms with Crippen LogP contribution in [0.4, 0.5) is 0 Å². The SMILES string of the molecule is CC(O)C(CCCC(=O)[O-])(C(=O)[O-])C(C)O. The molecule has 2 N–H and O–H groups in total. The molecular formula is C10H16O6-2. The first-order valence-corrected chi connectivity index (χ1v) is 5.02. The molecule has 6 nitrogen and oxygen atoms in total. The van der Waals surface area contributed by atoms with E-state index < -0.39 is 29.6 Å². The third kappa shape index (κ3) is 3.18. The van der Waals surface area contributed by atoms with Gasteiger partial charge in [0, 0.05) is 5.97 Å². The molecule has 0 amide bonds. The Kier molecular flexibility index (Phi) is 5.40. The van der Waals surface area contributed by atoms with Crippen LogP contribution in [0.5, 0.6) is 0 Å². The number of carbonyl (C=O) groups excluding carboxylic acids is 2. The second-order valence-electron chi connectivity index (χ2n) is 3.91. The molecule has 6 heteroatoms. The van der Waals surface area contributed by atoms with Crippen LogP contribution < -0.4 is 10.2 Å². The van der Waals surface area contributed by atoms with Gasteiger partial charge in [-0.2, -0.15) is 0 Å². The van der Waals surface area contributed by atoms with Crippen molar-refractivity contribution in [3.63, 3.8) is 0 Å². The van der Waals surface area contributed by atoms with Gasteiger partial charge < -0.3 is 30.0 Å². The van der Waals surface area contributed by atoms with E-state index >= 15 is 0 Å². The van der Waals surface area contributed by atoms with Crippen LogP contribution in [0.25, 0.3) is 0 Å². The summed E-state index contributed by atoms with van der Waals surface area (Å²) in [5.74, 6) is -2.89. The zero-order valence-electron chi connectivity index (χ0n) is 9.30. The van der Waals surface area contributed by atoms with Crippen molar-refractivity contribution in [1.29, 1.82) is 0 Å². The van der Waals surface area contributed by atoms with Crippen molar-refractivity contribution in [1.82, 2.24) is 0 Å². The monoisotopic (exact) mass is 232 g/mol. The zero-order valence-corrected chi connectivity index (χ0v) is 9.30. The first-order chi connectivity index (χ1) is 7.25.